The molecule has 4 heterocycles. The monoisotopic (exact) mass is 609 g/mol. The van der Waals surface area contributed by atoms with Crippen LogP contribution in [0.2, 0.25) is 0 Å². The van der Waals surface area contributed by atoms with Crippen molar-refractivity contribution in [3.05, 3.63) is 140 Å². The van der Waals surface area contributed by atoms with Gasteiger partial charge in [0.25, 0.3) is 0 Å². The van der Waals surface area contributed by atoms with Crippen LogP contribution in [0.15, 0.2) is 140 Å². The molecule has 0 fully saturated rings. The van der Waals surface area contributed by atoms with Crippen LogP contribution in [0, 0.1) is 0 Å². The van der Waals surface area contributed by atoms with Gasteiger partial charge in [-0.2, -0.15) is 0 Å². The number of para-hydroxylation sites is 2. The molecule has 0 atom stereocenters. The minimum Gasteiger partial charge on any atom is -0.309 e. The summed E-state index contributed by atoms with van der Waals surface area (Å²) in [6.07, 6.45) is 0. The predicted molar refractivity (Wildman–Crippen MR) is 193 cm³/mol. The van der Waals surface area contributed by atoms with E-state index in [-0.39, 0.29) is 0 Å². The average molecular weight is 610 g/mol. The van der Waals surface area contributed by atoms with Crippen LogP contribution < -0.4 is 0 Å². The lowest BCUT2D eigenvalue weighted by atomic mass is 10.1. The highest BCUT2D eigenvalue weighted by atomic mass is 32.1. The van der Waals surface area contributed by atoms with Crippen LogP contribution >= 0.6 is 22.7 Å². The van der Waals surface area contributed by atoms with E-state index in [1.165, 1.54) is 52.1 Å². The summed E-state index contributed by atoms with van der Waals surface area (Å²) in [5, 5.41) is 6.31. The molecule has 6 aromatic carbocycles. The fourth-order valence-corrected chi connectivity index (χ4v) is 9.07. The van der Waals surface area contributed by atoms with E-state index in [1.54, 1.807) is 11.3 Å². The normalized spacial score (nSPS) is 12.0. The summed E-state index contributed by atoms with van der Waals surface area (Å²) < 4.78 is 7.38. The summed E-state index contributed by atoms with van der Waals surface area (Å²) in [6.45, 7) is 0. The molecule has 0 bridgehead atoms. The fourth-order valence-electron chi connectivity index (χ4n) is 6.81. The minimum atomic E-state index is 0.741. The highest BCUT2D eigenvalue weighted by Gasteiger charge is 2.22. The number of nitrogens with zero attached hydrogens (tertiary/aromatic N) is 3. The standard InChI is InChI=1S/C40H23N3S2/c1-2-12-24(13-3-1)40-41-37(39-38(42-40)28-17-7-11-21-35(28)45-39)27-16-5-9-19-32(27)43-31-18-8-4-14-25(31)29-22-30-26-15-6-10-20-34(26)44-36(30)23-33(29)43/h1-23H. The molecule has 0 amide bonds. The molecule has 0 saturated carbocycles. The topological polar surface area (TPSA) is 30.7 Å². The smallest absolute Gasteiger partial charge is 0.160 e. The highest BCUT2D eigenvalue weighted by Crippen LogP contribution is 2.44. The van der Waals surface area contributed by atoms with E-state index in [9.17, 15) is 0 Å². The summed E-state index contributed by atoms with van der Waals surface area (Å²) in [5.74, 6) is 0.741. The molecule has 0 radical (unpaired) electrons. The Morgan fingerprint density at radius 1 is 0.467 bits per heavy atom. The van der Waals surface area contributed by atoms with Crippen LogP contribution in [-0.4, -0.2) is 14.5 Å². The van der Waals surface area contributed by atoms with Crippen molar-refractivity contribution in [3.8, 4) is 28.3 Å². The third kappa shape index (κ3) is 3.69. The quantitative estimate of drug-likeness (QED) is 0.199. The second-order valence-electron chi connectivity index (χ2n) is 11.4. The van der Waals surface area contributed by atoms with Crippen molar-refractivity contribution in [2.75, 3.05) is 0 Å². The van der Waals surface area contributed by atoms with Crippen LogP contribution in [0.3, 0.4) is 0 Å². The first-order chi connectivity index (χ1) is 22.3. The lowest BCUT2D eigenvalue weighted by molar-refractivity contribution is 1.17. The molecule has 0 saturated heterocycles. The summed E-state index contributed by atoms with van der Waals surface area (Å²) >= 11 is 3.63. The summed E-state index contributed by atoms with van der Waals surface area (Å²) in [4.78, 5) is 10.5. The molecule has 0 aliphatic heterocycles. The van der Waals surface area contributed by atoms with Crippen molar-refractivity contribution >= 4 is 85.0 Å². The Balaban J connectivity index is 1.32. The molecular formula is C40H23N3S2. The zero-order chi connectivity index (χ0) is 29.5. The van der Waals surface area contributed by atoms with Gasteiger partial charge in [-0.3, -0.25) is 0 Å². The SMILES string of the molecule is c1ccc(-c2nc(-c3ccccc3-n3c4ccccc4c4cc5c(cc43)sc3ccccc35)c3sc4ccccc4c3n2)cc1. The fraction of sp³-hybridized carbons (Fsp3) is 0. The van der Waals surface area contributed by atoms with Gasteiger partial charge in [-0.05, 0) is 36.4 Å². The van der Waals surface area contributed by atoms with Crippen molar-refractivity contribution in [2.24, 2.45) is 0 Å². The average Bonchev–Trinajstić information content (AvgIpc) is 3.76. The van der Waals surface area contributed by atoms with Gasteiger partial charge in [0.05, 0.1) is 32.6 Å². The largest absolute Gasteiger partial charge is 0.309 e. The first-order valence-electron chi connectivity index (χ1n) is 15.0. The molecule has 45 heavy (non-hydrogen) atoms. The van der Waals surface area contributed by atoms with E-state index in [2.05, 4.69) is 138 Å². The highest BCUT2D eigenvalue weighted by molar-refractivity contribution is 7.26. The van der Waals surface area contributed by atoms with Crippen LogP contribution in [-0.2, 0) is 0 Å². The number of hydrogen-bond donors (Lipinski definition) is 0. The Kier molecular flexibility index (Phi) is 5.32. The van der Waals surface area contributed by atoms with E-state index >= 15 is 0 Å². The summed E-state index contributed by atoms with van der Waals surface area (Å²) in [7, 11) is 0. The van der Waals surface area contributed by atoms with Crippen molar-refractivity contribution in [2.45, 2.75) is 0 Å². The zero-order valence-electron chi connectivity index (χ0n) is 23.9. The van der Waals surface area contributed by atoms with E-state index in [0.29, 0.717) is 0 Å². The maximum absolute atomic E-state index is 5.33. The summed E-state index contributed by atoms with van der Waals surface area (Å²) in [5.41, 5.74) is 7.57. The Morgan fingerprint density at radius 3 is 2.02 bits per heavy atom. The van der Waals surface area contributed by atoms with E-state index in [0.717, 1.165) is 38.5 Å². The molecule has 10 aromatic rings. The van der Waals surface area contributed by atoms with Crippen molar-refractivity contribution in [3.63, 3.8) is 0 Å². The van der Waals surface area contributed by atoms with Gasteiger partial charge < -0.3 is 4.57 Å². The van der Waals surface area contributed by atoms with E-state index in [4.69, 9.17) is 9.97 Å². The summed E-state index contributed by atoms with van der Waals surface area (Å²) in [6, 6.07) is 49.9. The number of aromatic nitrogens is 3. The molecule has 3 nitrogen and oxygen atoms in total. The number of hydrogen-bond acceptors (Lipinski definition) is 4. The number of fused-ring (bicyclic) bond motifs is 9. The van der Waals surface area contributed by atoms with Crippen molar-refractivity contribution in [1.82, 2.24) is 14.5 Å². The van der Waals surface area contributed by atoms with Crippen LogP contribution in [0.1, 0.15) is 0 Å². The Bertz CT molecular complexity index is 2770. The van der Waals surface area contributed by atoms with Gasteiger partial charge in [-0.1, -0.05) is 103 Å². The van der Waals surface area contributed by atoms with Crippen molar-refractivity contribution < 1.29 is 0 Å². The molecular weight excluding hydrogens is 587 g/mol. The van der Waals surface area contributed by atoms with Gasteiger partial charge in [0, 0.05) is 52.2 Å². The van der Waals surface area contributed by atoms with Gasteiger partial charge in [-0.15, -0.1) is 22.7 Å². The Morgan fingerprint density at radius 2 is 1.16 bits per heavy atom. The van der Waals surface area contributed by atoms with Gasteiger partial charge in [0.15, 0.2) is 5.82 Å². The Hall–Kier alpha value is -5.36. The lowest BCUT2D eigenvalue weighted by Crippen LogP contribution is -2.00. The van der Waals surface area contributed by atoms with Crippen LogP contribution in [0.4, 0.5) is 0 Å². The first kappa shape index (κ1) is 25.0. The number of rotatable bonds is 3. The first-order valence-corrected chi connectivity index (χ1v) is 16.6. The second kappa shape index (κ2) is 9.57. The molecule has 0 aliphatic carbocycles. The Labute approximate surface area is 266 Å². The maximum Gasteiger partial charge on any atom is 0.160 e. The molecule has 5 heteroatoms. The zero-order valence-corrected chi connectivity index (χ0v) is 25.6. The van der Waals surface area contributed by atoms with Gasteiger partial charge in [0.1, 0.15) is 0 Å². The van der Waals surface area contributed by atoms with Gasteiger partial charge in [-0.25, -0.2) is 9.97 Å². The molecule has 10 rings (SSSR count). The number of thiophene rings is 2. The molecule has 0 spiro atoms. The number of benzene rings is 6. The van der Waals surface area contributed by atoms with E-state index in [1.807, 2.05) is 17.4 Å². The van der Waals surface area contributed by atoms with Crippen LogP contribution in [0.25, 0.3) is 90.6 Å². The minimum absolute atomic E-state index is 0.741. The van der Waals surface area contributed by atoms with Crippen LogP contribution in [0.5, 0.6) is 0 Å². The van der Waals surface area contributed by atoms with Gasteiger partial charge >= 0.3 is 0 Å². The molecule has 0 aliphatic rings. The second-order valence-corrected chi connectivity index (χ2v) is 13.5. The van der Waals surface area contributed by atoms with E-state index < -0.39 is 0 Å². The molecule has 4 aromatic heterocycles. The lowest BCUT2D eigenvalue weighted by Gasteiger charge is -2.15. The van der Waals surface area contributed by atoms with Gasteiger partial charge in [0.2, 0.25) is 0 Å². The predicted octanol–water partition coefficient (Wildman–Crippen LogP) is 11.6. The van der Waals surface area contributed by atoms with Crippen molar-refractivity contribution in [1.29, 1.82) is 0 Å². The third-order valence-corrected chi connectivity index (χ3v) is 11.1. The molecule has 0 unspecified atom stereocenters. The molecule has 210 valence electrons. The maximum atomic E-state index is 5.33. The molecule has 0 N–H and O–H groups in total. The third-order valence-electron chi connectivity index (χ3n) is 8.82.